The number of aromatic nitrogens is 3. The van der Waals surface area contributed by atoms with Crippen LogP contribution in [0.1, 0.15) is 272 Å². The van der Waals surface area contributed by atoms with Gasteiger partial charge in [-0.3, -0.25) is 4.98 Å². The van der Waals surface area contributed by atoms with Crippen LogP contribution < -0.4 is 0 Å². The summed E-state index contributed by atoms with van der Waals surface area (Å²) in [5, 5.41) is 5.93. The average Bonchev–Trinajstić information content (AvgIpc) is 1.20. The zero-order chi connectivity index (χ0) is 97.8. The van der Waals surface area contributed by atoms with Gasteiger partial charge in [0.2, 0.25) is 0 Å². The van der Waals surface area contributed by atoms with E-state index in [4.69, 9.17) is 11.6 Å². The number of hydrogen-bond acceptors (Lipinski definition) is 19. The van der Waals surface area contributed by atoms with Crippen molar-refractivity contribution in [3.05, 3.63) is 252 Å². The van der Waals surface area contributed by atoms with Crippen LogP contribution >= 0.6 is 11.6 Å². The summed E-state index contributed by atoms with van der Waals surface area (Å²) in [6, 6.07) is 41.0. The Morgan fingerprint density at radius 3 is 0.938 bits per heavy atom. The number of nitrogens with zero attached hydrogens (tertiary/aromatic N) is 3. The van der Waals surface area contributed by atoms with Gasteiger partial charge in [-0.2, -0.15) is 0 Å². The fourth-order valence-electron chi connectivity index (χ4n) is 16.4. The van der Waals surface area contributed by atoms with Crippen molar-refractivity contribution in [2.24, 2.45) is 0 Å². The molecule has 28 heteroatoms. The van der Waals surface area contributed by atoms with Crippen molar-refractivity contribution in [3.8, 4) is 0 Å². The molecule has 129 heavy (non-hydrogen) atoms. The first-order chi connectivity index (χ1) is 59.3. The summed E-state index contributed by atoms with van der Waals surface area (Å²) in [6.07, 6.45) is 22.0. The highest BCUT2D eigenvalue weighted by Gasteiger charge is 2.28. The molecule has 19 nitrogen and oxygen atoms in total. The van der Waals surface area contributed by atoms with Crippen molar-refractivity contribution in [2.45, 2.75) is 277 Å². The first-order valence-corrected chi connectivity index (χ1v) is 58.8. The predicted octanol–water partition coefficient (Wildman–Crippen LogP) is 22.9. The van der Waals surface area contributed by atoms with Gasteiger partial charge in [0.05, 0.1) is 40.1 Å². The summed E-state index contributed by atoms with van der Waals surface area (Å²) in [7, 11) is -25.4. The predicted molar refractivity (Wildman–Crippen MR) is 532 cm³/mol. The van der Waals surface area contributed by atoms with Gasteiger partial charge in [0.15, 0.2) is 88.7 Å². The summed E-state index contributed by atoms with van der Waals surface area (Å²) >= 11 is 6.05. The average molecular weight is 1940 g/mol. The SMILES string of the molecule is CC(C)c1ccc(S(C)(=O)=O)c2c1CCC2.CC(C)c1ccc(S(C)(=O)=O)c2c1CCCC2.CC(C)c1ccc(S(C)(=O)=O)c2ccccc12.CC(C)c1cnc(S(C)(=O)=O)c2ccccc12.CC(C)c1ncc(S(C)(=O)=O)c2ccccc12.Cc1c(C(C)C)ccc(S(C)(=O)=O)c1C.Cc1c(C(C)C)ccc(S(C)(=O)=O)c1Cl.Cc1c(C(C)C)cnc(S(C)(=O)=O)c1C. The van der Waals surface area contributed by atoms with E-state index in [0.717, 1.165) is 127 Å². The van der Waals surface area contributed by atoms with Crippen LogP contribution in [0.3, 0.4) is 0 Å². The van der Waals surface area contributed by atoms with Crippen molar-refractivity contribution in [1.82, 2.24) is 15.0 Å². The van der Waals surface area contributed by atoms with Gasteiger partial charge in [0.25, 0.3) is 0 Å². The lowest BCUT2D eigenvalue weighted by molar-refractivity contribution is 0.594. The Kier molecular flexibility index (Phi) is 37.9. The Morgan fingerprint density at radius 1 is 0.233 bits per heavy atom. The molecule has 0 unspecified atom stereocenters. The van der Waals surface area contributed by atoms with E-state index in [9.17, 15) is 67.3 Å². The molecule has 0 spiro atoms. The Balaban J connectivity index is 0.000000227. The fraction of sp³-hybridized carbons (Fsp3) is 0.436. The third-order valence-corrected chi connectivity index (χ3v) is 32.9. The van der Waals surface area contributed by atoms with Crippen molar-refractivity contribution in [1.29, 1.82) is 0 Å². The van der Waals surface area contributed by atoms with E-state index in [-0.39, 0.29) is 20.9 Å². The molecule has 11 aromatic rings. The molecule has 0 atom stereocenters. The lowest BCUT2D eigenvalue weighted by Gasteiger charge is -2.23. The second kappa shape index (κ2) is 44.6. The number of sulfone groups is 8. The molecule has 0 aliphatic heterocycles. The third-order valence-electron chi connectivity index (χ3n) is 23.1. The van der Waals surface area contributed by atoms with Gasteiger partial charge in [-0.1, -0.05) is 226 Å². The zero-order valence-electron chi connectivity index (χ0n) is 80.5. The lowest BCUT2D eigenvalue weighted by atomic mass is 9.85. The highest BCUT2D eigenvalue weighted by atomic mass is 35.5. The van der Waals surface area contributed by atoms with Crippen LogP contribution in [0.2, 0.25) is 5.02 Å². The molecule has 0 saturated heterocycles. The third kappa shape index (κ3) is 28.5. The Labute approximate surface area is 777 Å². The smallest absolute Gasteiger partial charge is 0.193 e. The number of fused-ring (bicyclic) bond motifs is 5. The molecule has 2 aliphatic carbocycles. The lowest BCUT2D eigenvalue weighted by Crippen LogP contribution is -2.13. The van der Waals surface area contributed by atoms with Gasteiger partial charge >= 0.3 is 0 Å². The highest BCUT2D eigenvalue weighted by molar-refractivity contribution is 7.92. The van der Waals surface area contributed by atoms with Gasteiger partial charge in [-0.15, -0.1) is 0 Å². The normalized spacial score (nSPS) is 13.1. The molecule has 0 N–H and O–H groups in total. The second-order valence-corrected chi connectivity index (χ2v) is 52.4. The van der Waals surface area contributed by atoms with E-state index >= 15 is 0 Å². The number of rotatable bonds is 16. The number of benzene rings is 8. The summed E-state index contributed by atoms with van der Waals surface area (Å²) in [4.78, 5) is 14.9. The number of pyridine rings is 3. The molecule has 0 radical (unpaired) electrons. The molecule has 8 aromatic carbocycles. The molecular formula is C101H134ClN3O16S8. The Hall–Kier alpha value is -8.12. The summed E-state index contributed by atoms with van der Waals surface area (Å²) in [5.41, 5.74) is 18.6. The number of halogens is 1. The number of hydrogen-bond donors (Lipinski definition) is 0. The summed E-state index contributed by atoms with van der Waals surface area (Å²) in [5.74, 6) is 3.05. The van der Waals surface area contributed by atoms with Crippen LogP contribution in [-0.4, -0.2) is 132 Å². The van der Waals surface area contributed by atoms with E-state index in [0.29, 0.717) is 76.3 Å². The molecule has 0 saturated carbocycles. The van der Waals surface area contributed by atoms with Crippen molar-refractivity contribution >= 4 is 123 Å². The Bertz CT molecular complexity index is 6420. The van der Waals surface area contributed by atoms with Crippen molar-refractivity contribution in [3.63, 3.8) is 0 Å². The van der Waals surface area contributed by atoms with Crippen LogP contribution in [0.15, 0.2) is 191 Å². The molecule has 3 aromatic heterocycles. The summed E-state index contributed by atoms with van der Waals surface area (Å²) < 4.78 is 186. The van der Waals surface area contributed by atoms with Crippen LogP contribution in [-0.2, 0) is 104 Å². The van der Waals surface area contributed by atoms with Gasteiger partial charge < -0.3 is 0 Å². The molecular weight excluding hydrogens is 1800 g/mol. The molecule has 0 amide bonds. The van der Waals surface area contributed by atoms with Crippen LogP contribution in [0.5, 0.6) is 0 Å². The highest BCUT2D eigenvalue weighted by Crippen LogP contribution is 2.39. The molecule has 3 heterocycles. The molecule has 0 fully saturated rings. The van der Waals surface area contributed by atoms with E-state index in [1.54, 1.807) is 42.7 Å². The Morgan fingerprint density at radius 2 is 0.535 bits per heavy atom. The van der Waals surface area contributed by atoms with Crippen LogP contribution in [0, 0.1) is 34.6 Å². The van der Waals surface area contributed by atoms with Gasteiger partial charge in [0.1, 0.15) is 0 Å². The molecule has 704 valence electrons. The summed E-state index contributed by atoms with van der Waals surface area (Å²) in [6.45, 7) is 43.1. The minimum absolute atomic E-state index is 0.164. The topological polar surface area (TPSA) is 312 Å². The molecule has 2 aliphatic rings. The molecule has 0 bridgehead atoms. The second-order valence-electron chi connectivity index (χ2n) is 36.3. The van der Waals surface area contributed by atoms with E-state index in [1.807, 2.05) is 138 Å². The first-order valence-electron chi connectivity index (χ1n) is 43.3. The maximum atomic E-state index is 11.8. The monoisotopic (exact) mass is 1940 g/mol. The van der Waals surface area contributed by atoms with E-state index in [2.05, 4.69) is 126 Å². The van der Waals surface area contributed by atoms with Crippen LogP contribution in [0.25, 0.3) is 32.3 Å². The van der Waals surface area contributed by atoms with Crippen molar-refractivity contribution in [2.75, 3.05) is 50.0 Å². The zero-order valence-corrected chi connectivity index (χ0v) is 87.8. The van der Waals surface area contributed by atoms with Gasteiger partial charge in [-0.05, 0) is 257 Å². The minimum Gasteiger partial charge on any atom is -0.259 e. The van der Waals surface area contributed by atoms with Crippen molar-refractivity contribution < 1.29 is 67.3 Å². The first kappa shape index (κ1) is 110. The van der Waals surface area contributed by atoms with Crippen LogP contribution in [0.4, 0.5) is 0 Å². The van der Waals surface area contributed by atoms with E-state index in [1.165, 1.54) is 96.0 Å². The quantitative estimate of drug-likeness (QED) is 0.0867. The maximum absolute atomic E-state index is 11.8. The van der Waals surface area contributed by atoms with Gasteiger partial charge in [-0.25, -0.2) is 77.3 Å². The molecule has 13 rings (SSSR count). The van der Waals surface area contributed by atoms with Gasteiger partial charge in [0, 0.05) is 90.2 Å². The fourth-order valence-corrected chi connectivity index (χ4v) is 24.3. The van der Waals surface area contributed by atoms with E-state index < -0.39 is 78.7 Å². The minimum atomic E-state index is -3.28. The maximum Gasteiger partial charge on any atom is 0.193 e. The standard InChI is InChI=1S/C14H20O2S.C14H16O2S.2C13H15NO2S.C13H18O2S.C12H18O2S.C11H15ClO2S.C11H17NO2S/c2*1-10(2)11-8-9-14(17(3,15)16)13-7-5-4-6-12(11)13;1-9(2)13-11-7-5-4-6-10(11)12(8-14-13)17(3,15)16;1-9(2)12-8-14-13(17(3,15)16)11-7-5-4-6-10(11)12;1-9(2)10-7-8-13(16(3,14)15)12-6-4-5-11(10)12;1-8(2)11-6-7-12(15(5,13)14)10(4)9(11)3;1-7(2)9-5-6-10(15(4,13)14)11(12)8(9)3;1-7(2)10-6-12-11(15(5,13)14)9(4)8(10)3/h8-10H,4-7H2,1-3H3;4-10H,1-3H3;2*4-9H,1-3H3;7-9H,4-6H2,1-3H3;6-8H,1-5H3;5-7H,1-4H3;6-7H,1-5H3. The largest absolute Gasteiger partial charge is 0.259 e.